The predicted molar refractivity (Wildman–Crippen MR) is 91.1 cm³/mol. The second kappa shape index (κ2) is 6.41. The van der Waals surface area contributed by atoms with E-state index in [4.69, 9.17) is 5.73 Å². The Balaban J connectivity index is 1.83. The summed E-state index contributed by atoms with van der Waals surface area (Å²) in [5, 5.41) is 0. The van der Waals surface area contributed by atoms with Crippen molar-refractivity contribution in [2.24, 2.45) is 11.8 Å². The molecule has 1 fully saturated rings. The monoisotopic (exact) mass is 303 g/mol. The van der Waals surface area contributed by atoms with E-state index in [1.807, 2.05) is 0 Å². The number of nitrogen functional groups attached to an aromatic ring is 1. The van der Waals surface area contributed by atoms with Gasteiger partial charge in [0.15, 0.2) is 0 Å². The first-order valence-corrected chi connectivity index (χ1v) is 8.61. The molecule has 2 heterocycles. The van der Waals surface area contributed by atoms with Crippen LogP contribution in [0.1, 0.15) is 37.9 Å². The normalized spacial score (nSPS) is 22.9. The first kappa shape index (κ1) is 15.5. The second-order valence-electron chi connectivity index (χ2n) is 7.36. The van der Waals surface area contributed by atoms with Gasteiger partial charge in [0, 0.05) is 31.7 Å². The number of hydrogen-bond donors (Lipinski definition) is 1. The van der Waals surface area contributed by atoms with E-state index >= 15 is 0 Å². The summed E-state index contributed by atoms with van der Waals surface area (Å²) in [5.41, 5.74) is 8.57. The fourth-order valence-corrected chi connectivity index (χ4v) is 3.83. The number of nitrogens with two attached hydrogens (primary N) is 1. The van der Waals surface area contributed by atoms with Gasteiger partial charge < -0.3 is 15.5 Å². The Bertz CT molecular complexity index is 520. The molecule has 2 N–H and O–H groups in total. The van der Waals surface area contributed by atoms with E-state index in [1.54, 1.807) is 0 Å². The highest BCUT2D eigenvalue weighted by Crippen LogP contribution is 2.34. The van der Waals surface area contributed by atoms with Gasteiger partial charge in [-0.05, 0) is 44.6 Å². The van der Waals surface area contributed by atoms with Gasteiger partial charge in [-0.2, -0.15) is 4.98 Å². The molecule has 0 amide bonds. The molecule has 1 aliphatic heterocycles. The van der Waals surface area contributed by atoms with Crippen LogP contribution in [0, 0.1) is 11.8 Å². The molecule has 1 saturated heterocycles. The first-order valence-electron chi connectivity index (χ1n) is 8.61. The van der Waals surface area contributed by atoms with Crippen molar-refractivity contribution in [2.45, 2.75) is 39.5 Å². The molecule has 0 radical (unpaired) electrons. The summed E-state index contributed by atoms with van der Waals surface area (Å²) in [5.74, 6) is 3.06. The summed E-state index contributed by atoms with van der Waals surface area (Å²) < 4.78 is 0. The van der Waals surface area contributed by atoms with Gasteiger partial charge in [-0.15, -0.1) is 0 Å². The molecule has 2 aliphatic rings. The lowest BCUT2D eigenvalue weighted by Crippen LogP contribution is -2.45. The summed E-state index contributed by atoms with van der Waals surface area (Å²) in [6, 6.07) is 0. The fraction of sp³-hybridized carbons (Fsp3) is 0.765. The minimum atomic E-state index is 0.442. The van der Waals surface area contributed by atoms with E-state index in [0.717, 1.165) is 56.7 Å². The Kier molecular flexibility index (Phi) is 4.52. The standard InChI is InChI=1S/C17H29N5/c1-12(2)10-13-4-5-14-15(11-13)19-17(18)20-16(14)22-8-6-21(3)7-9-22/h12-13H,4-11H2,1-3H3,(H2,18,19,20). The highest BCUT2D eigenvalue weighted by molar-refractivity contribution is 5.53. The molecule has 22 heavy (non-hydrogen) atoms. The topological polar surface area (TPSA) is 58.3 Å². The Labute approximate surface area is 133 Å². The average Bonchev–Trinajstić information content (AvgIpc) is 2.46. The van der Waals surface area contributed by atoms with Crippen LogP contribution in [0.2, 0.25) is 0 Å². The fourth-order valence-electron chi connectivity index (χ4n) is 3.83. The van der Waals surface area contributed by atoms with Gasteiger partial charge in [-0.1, -0.05) is 13.8 Å². The van der Waals surface area contributed by atoms with E-state index in [1.165, 1.54) is 24.1 Å². The van der Waals surface area contributed by atoms with E-state index in [2.05, 4.69) is 40.7 Å². The molecule has 0 bridgehead atoms. The van der Waals surface area contributed by atoms with Crippen LogP contribution < -0.4 is 10.6 Å². The summed E-state index contributed by atoms with van der Waals surface area (Å²) in [6.07, 6.45) is 4.72. The van der Waals surface area contributed by atoms with Gasteiger partial charge in [-0.3, -0.25) is 0 Å². The number of rotatable bonds is 3. The molecule has 5 nitrogen and oxygen atoms in total. The summed E-state index contributed by atoms with van der Waals surface area (Å²) in [6.45, 7) is 8.87. The highest BCUT2D eigenvalue weighted by Gasteiger charge is 2.27. The largest absolute Gasteiger partial charge is 0.368 e. The molecule has 0 aromatic carbocycles. The van der Waals surface area contributed by atoms with Crippen LogP contribution in [-0.4, -0.2) is 48.1 Å². The van der Waals surface area contributed by atoms with Gasteiger partial charge in [0.25, 0.3) is 0 Å². The molecule has 1 aliphatic carbocycles. The van der Waals surface area contributed by atoms with Crippen molar-refractivity contribution in [3.8, 4) is 0 Å². The smallest absolute Gasteiger partial charge is 0.222 e. The quantitative estimate of drug-likeness (QED) is 0.925. The number of nitrogens with zero attached hydrogens (tertiary/aromatic N) is 4. The second-order valence-corrected chi connectivity index (χ2v) is 7.36. The molecule has 5 heteroatoms. The Morgan fingerprint density at radius 3 is 2.59 bits per heavy atom. The summed E-state index contributed by atoms with van der Waals surface area (Å²) in [7, 11) is 2.18. The van der Waals surface area contributed by atoms with Crippen molar-refractivity contribution in [1.29, 1.82) is 0 Å². The number of hydrogen-bond acceptors (Lipinski definition) is 5. The highest BCUT2D eigenvalue weighted by atomic mass is 15.3. The maximum atomic E-state index is 6.00. The molecule has 0 spiro atoms. The van der Waals surface area contributed by atoms with E-state index < -0.39 is 0 Å². The van der Waals surface area contributed by atoms with Crippen molar-refractivity contribution >= 4 is 11.8 Å². The van der Waals surface area contributed by atoms with Crippen LogP contribution in [0.5, 0.6) is 0 Å². The maximum Gasteiger partial charge on any atom is 0.222 e. The minimum absolute atomic E-state index is 0.442. The van der Waals surface area contributed by atoms with E-state index in [0.29, 0.717) is 5.95 Å². The van der Waals surface area contributed by atoms with E-state index in [-0.39, 0.29) is 0 Å². The third-order valence-electron chi connectivity index (χ3n) is 4.98. The van der Waals surface area contributed by atoms with Gasteiger partial charge in [0.05, 0.1) is 5.69 Å². The van der Waals surface area contributed by atoms with Crippen molar-refractivity contribution in [1.82, 2.24) is 14.9 Å². The van der Waals surface area contributed by atoms with Gasteiger partial charge in [0.2, 0.25) is 5.95 Å². The molecule has 3 rings (SSSR count). The van der Waals surface area contributed by atoms with Crippen LogP contribution in [0.3, 0.4) is 0 Å². The zero-order valence-corrected chi connectivity index (χ0v) is 14.2. The predicted octanol–water partition coefficient (Wildman–Crippen LogP) is 1.96. The number of anilines is 2. The third kappa shape index (κ3) is 3.35. The van der Waals surface area contributed by atoms with Crippen LogP contribution in [-0.2, 0) is 12.8 Å². The molecular weight excluding hydrogens is 274 g/mol. The lowest BCUT2D eigenvalue weighted by molar-refractivity contribution is 0.311. The lowest BCUT2D eigenvalue weighted by atomic mass is 9.82. The van der Waals surface area contributed by atoms with Crippen molar-refractivity contribution < 1.29 is 0 Å². The maximum absolute atomic E-state index is 6.00. The molecule has 1 unspecified atom stereocenters. The third-order valence-corrected chi connectivity index (χ3v) is 4.98. The Morgan fingerprint density at radius 2 is 1.91 bits per heavy atom. The number of likely N-dealkylation sites (N-methyl/N-ethyl adjacent to an activating group) is 1. The Hall–Kier alpha value is -1.36. The van der Waals surface area contributed by atoms with E-state index in [9.17, 15) is 0 Å². The average molecular weight is 303 g/mol. The molecule has 1 atom stereocenters. The van der Waals surface area contributed by atoms with Crippen molar-refractivity contribution in [3.05, 3.63) is 11.3 Å². The van der Waals surface area contributed by atoms with Crippen LogP contribution in [0.25, 0.3) is 0 Å². The summed E-state index contributed by atoms with van der Waals surface area (Å²) >= 11 is 0. The van der Waals surface area contributed by atoms with Crippen molar-refractivity contribution in [3.63, 3.8) is 0 Å². The van der Waals surface area contributed by atoms with Crippen LogP contribution in [0.4, 0.5) is 11.8 Å². The molecule has 1 aromatic rings. The van der Waals surface area contributed by atoms with Gasteiger partial charge >= 0.3 is 0 Å². The minimum Gasteiger partial charge on any atom is -0.368 e. The van der Waals surface area contributed by atoms with Crippen LogP contribution in [0.15, 0.2) is 0 Å². The number of fused-ring (bicyclic) bond motifs is 1. The van der Waals surface area contributed by atoms with Crippen LogP contribution >= 0.6 is 0 Å². The first-order chi connectivity index (χ1) is 10.5. The number of aromatic nitrogens is 2. The molecule has 1 aromatic heterocycles. The molecule has 122 valence electrons. The zero-order chi connectivity index (χ0) is 15.7. The van der Waals surface area contributed by atoms with Crippen molar-refractivity contribution in [2.75, 3.05) is 43.9 Å². The zero-order valence-electron chi connectivity index (χ0n) is 14.2. The molecule has 0 saturated carbocycles. The number of piperazine rings is 1. The Morgan fingerprint density at radius 1 is 1.18 bits per heavy atom. The summed E-state index contributed by atoms with van der Waals surface area (Å²) in [4.78, 5) is 13.9. The SMILES string of the molecule is CC(C)CC1CCc2c(nc(N)nc2N2CCN(C)CC2)C1. The van der Waals surface area contributed by atoms with Gasteiger partial charge in [-0.25, -0.2) is 4.98 Å². The molecular formula is C17H29N5. The lowest BCUT2D eigenvalue weighted by Gasteiger charge is -2.36. The van der Waals surface area contributed by atoms with Gasteiger partial charge in [0.1, 0.15) is 5.82 Å².